The van der Waals surface area contributed by atoms with E-state index in [2.05, 4.69) is 4.98 Å². The van der Waals surface area contributed by atoms with E-state index in [0.29, 0.717) is 0 Å². The van der Waals surface area contributed by atoms with E-state index < -0.39 is 31.1 Å². The zero-order chi connectivity index (χ0) is 15.3. The molecule has 0 unspecified atom stereocenters. The minimum Gasteiger partial charge on any atom is -0.481 e. The summed E-state index contributed by atoms with van der Waals surface area (Å²) in [7, 11) is 1.34. The molecule has 1 aromatic heterocycles. The molecule has 1 heterocycles. The van der Waals surface area contributed by atoms with Gasteiger partial charge in [-0.15, -0.1) is 0 Å². The first-order chi connectivity index (χ1) is 9.23. The van der Waals surface area contributed by atoms with Crippen molar-refractivity contribution in [1.82, 2.24) is 9.88 Å². The van der Waals surface area contributed by atoms with Gasteiger partial charge in [-0.1, -0.05) is 0 Å². The van der Waals surface area contributed by atoms with Crippen molar-refractivity contribution in [3.8, 4) is 5.88 Å². The van der Waals surface area contributed by atoms with Crippen LogP contribution in [0.3, 0.4) is 0 Å². The topological polar surface area (TPSA) is 79.7 Å². The predicted octanol–water partition coefficient (Wildman–Crippen LogP) is 1.18. The standard InChI is InChI=1S/C11H11F3N2O4/c1-20-8-3-2-7(4-15-8)10(19)16(5-9(17)18)6-11(12,13)14/h2-4H,5-6H2,1H3,(H,17,18). The van der Waals surface area contributed by atoms with Gasteiger partial charge in [0.25, 0.3) is 5.91 Å². The number of halogens is 3. The quantitative estimate of drug-likeness (QED) is 0.881. The van der Waals surface area contributed by atoms with E-state index in [9.17, 15) is 22.8 Å². The molecule has 0 aliphatic carbocycles. The van der Waals surface area contributed by atoms with Crippen LogP contribution in [-0.2, 0) is 4.79 Å². The Labute approximate surface area is 111 Å². The van der Waals surface area contributed by atoms with Gasteiger partial charge in [0.2, 0.25) is 5.88 Å². The van der Waals surface area contributed by atoms with Crippen LogP contribution in [0.4, 0.5) is 13.2 Å². The number of hydrogen-bond acceptors (Lipinski definition) is 4. The first kappa shape index (κ1) is 15.7. The zero-order valence-electron chi connectivity index (χ0n) is 10.3. The summed E-state index contributed by atoms with van der Waals surface area (Å²) < 4.78 is 41.7. The molecule has 0 aliphatic rings. The lowest BCUT2D eigenvalue weighted by Crippen LogP contribution is -2.42. The van der Waals surface area contributed by atoms with Crippen molar-refractivity contribution in [2.75, 3.05) is 20.2 Å². The summed E-state index contributed by atoms with van der Waals surface area (Å²) in [6, 6.07) is 2.50. The summed E-state index contributed by atoms with van der Waals surface area (Å²) in [6.07, 6.45) is -3.67. The minimum atomic E-state index is -4.69. The number of carbonyl (C=O) groups is 2. The largest absolute Gasteiger partial charge is 0.481 e. The van der Waals surface area contributed by atoms with Gasteiger partial charge in [0.05, 0.1) is 12.7 Å². The van der Waals surface area contributed by atoms with E-state index in [-0.39, 0.29) is 16.3 Å². The highest BCUT2D eigenvalue weighted by Crippen LogP contribution is 2.18. The molecule has 1 rings (SSSR count). The molecule has 9 heteroatoms. The van der Waals surface area contributed by atoms with Crippen molar-refractivity contribution in [1.29, 1.82) is 0 Å². The number of rotatable bonds is 5. The maximum Gasteiger partial charge on any atom is 0.406 e. The number of methoxy groups -OCH3 is 1. The maximum absolute atomic E-state index is 12.3. The van der Waals surface area contributed by atoms with Crippen LogP contribution >= 0.6 is 0 Å². The number of carboxylic acids is 1. The molecule has 1 N–H and O–H groups in total. The van der Waals surface area contributed by atoms with Gasteiger partial charge in [-0.25, -0.2) is 4.98 Å². The van der Waals surface area contributed by atoms with Gasteiger partial charge in [-0.05, 0) is 6.07 Å². The van der Waals surface area contributed by atoms with Crippen LogP contribution in [0.2, 0.25) is 0 Å². The third-order valence-electron chi connectivity index (χ3n) is 2.18. The monoisotopic (exact) mass is 292 g/mol. The van der Waals surface area contributed by atoms with Gasteiger partial charge in [-0.2, -0.15) is 13.2 Å². The Morgan fingerprint density at radius 2 is 2.05 bits per heavy atom. The molecule has 110 valence electrons. The van der Waals surface area contributed by atoms with Crippen molar-refractivity contribution >= 4 is 11.9 Å². The van der Waals surface area contributed by atoms with Gasteiger partial charge < -0.3 is 14.7 Å². The lowest BCUT2D eigenvalue weighted by atomic mass is 10.2. The Hall–Kier alpha value is -2.32. The number of aromatic nitrogens is 1. The molecular formula is C11H11F3N2O4. The van der Waals surface area contributed by atoms with Crippen molar-refractivity contribution < 1.29 is 32.6 Å². The van der Waals surface area contributed by atoms with Crippen molar-refractivity contribution in [2.45, 2.75) is 6.18 Å². The summed E-state index contributed by atoms with van der Waals surface area (Å²) in [5, 5.41) is 8.56. The number of hydrogen-bond donors (Lipinski definition) is 1. The van der Waals surface area contributed by atoms with Gasteiger partial charge in [0.15, 0.2) is 0 Å². The van der Waals surface area contributed by atoms with E-state index in [1.807, 2.05) is 0 Å². The number of amides is 1. The second kappa shape index (κ2) is 6.22. The molecule has 0 saturated heterocycles. The molecule has 1 aromatic rings. The average molecular weight is 292 g/mol. The van der Waals surface area contributed by atoms with E-state index in [1.165, 1.54) is 19.2 Å². The number of pyridine rings is 1. The lowest BCUT2D eigenvalue weighted by molar-refractivity contribution is -0.149. The zero-order valence-corrected chi connectivity index (χ0v) is 10.3. The van der Waals surface area contributed by atoms with Crippen LogP contribution in [0.5, 0.6) is 5.88 Å². The van der Waals surface area contributed by atoms with Gasteiger partial charge in [0.1, 0.15) is 13.1 Å². The minimum absolute atomic E-state index is 0.156. The molecule has 0 bridgehead atoms. The van der Waals surface area contributed by atoms with E-state index in [4.69, 9.17) is 9.84 Å². The Bertz CT molecular complexity index is 487. The lowest BCUT2D eigenvalue weighted by Gasteiger charge is -2.22. The highest BCUT2D eigenvalue weighted by atomic mass is 19.4. The van der Waals surface area contributed by atoms with Gasteiger partial charge in [0, 0.05) is 12.3 Å². The number of aliphatic carboxylic acids is 1. The number of alkyl halides is 3. The van der Waals surface area contributed by atoms with Gasteiger partial charge in [-0.3, -0.25) is 9.59 Å². The Balaban J connectivity index is 2.93. The molecule has 0 saturated carbocycles. The fourth-order valence-electron chi connectivity index (χ4n) is 1.39. The summed E-state index contributed by atoms with van der Waals surface area (Å²) in [5.41, 5.74) is -0.156. The molecule has 0 aliphatic heterocycles. The number of carboxylic acid groups (broad SMARTS) is 1. The number of ether oxygens (including phenoxy) is 1. The Morgan fingerprint density at radius 3 is 2.45 bits per heavy atom. The Morgan fingerprint density at radius 1 is 1.40 bits per heavy atom. The molecule has 1 amide bonds. The Kier molecular flexibility index (Phi) is 4.89. The molecule has 0 atom stereocenters. The van der Waals surface area contributed by atoms with E-state index in [1.54, 1.807) is 0 Å². The molecule has 0 spiro atoms. The van der Waals surface area contributed by atoms with Crippen LogP contribution < -0.4 is 4.74 Å². The second-order valence-corrected chi connectivity index (χ2v) is 3.76. The van der Waals surface area contributed by atoms with E-state index in [0.717, 1.165) is 6.20 Å². The molecule has 0 aromatic carbocycles. The van der Waals surface area contributed by atoms with Crippen LogP contribution in [0.25, 0.3) is 0 Å². The third kappa shape index (κ3) is 4.75. The summed E-state index contributed by atoms with van der Waals surface area (Å²) >= 11 is 0. The fourth-order valence-corrected chi connectivity index (χ4v) is 1.39. The van der Waals surface area contributed by atoms with Crippen LogP contribution in [0.1, 0.15) is 10.4 Å². The fraction of sp³-hybridized carbons (Fsp3) is 0.364. The molecular weight excluding hydrogens is 281 g/mol. The second-order valence-electron chi connectivity index (χ2n) is 3.76. The van der Waals surface area contributed by atoms with E-state index >= 15 is 0 Å². The normalized spacial score (nSPS) is 11.0. The summed E-state index contributed by atoms with van der Waals surface area (Å²) in [4.78, 5) is 26.2. The van der Waals surface area contributed by atoms with Crippen molar-refractivity contribution in [2.24, 2.45) is 0 Å². The smallest absolute Gasteiger partial charge is 0.406 e. The maximum atomic E-state index is 12.3. The van der Waals surface area contributed by atoms with Crippen LogP contribution in [0, 0.1) is 0 Å². The third-order valence-corrected chi connectivity index (χ3v) is 2.18. The van der Waals surface area contributed by atoms with Crippen LogP contribution in [0.15, 0.2) is 18.3 Å². The molecule has 0 fully saturated rings. The highest BCUT2D eigenvalue weighted by molar-refractivity contribution is 5.95. The number of carbonyl (C=O) groups excluding carboxylic acids is 1. The first-order valence-corrected chi connectivity index (χ1v) is 5.31. The SMILES string of the molecule is COc1ccc(C(=O)N(CC(=O)O)CC(F)(F)F)cn1. The van der Waals surface area contributed by atoms with Crippen molar-refractivity contribution in [3.63, 3.8) is 0 Å². The predicted molar refractivity (Wildman–Crippen MR) is 60.4 cm³/mol. The summed E-state index contributed by atoms with van der Waals surface area (Å²) in [6.45, 7) is -2.70. The molecule has 0 radical (unpaired) electrons. The average Bonchev–Trinajstić information content (AvgIpc) is 2.35. The summed E-state index contributed by atoms with van der Waals surface area (Å²) in [5.74, 6) is -2.42. The first-order valence-electron chi connectivity index (χ1n) is 5.31. The number of nitrogens with zero attached hydrogens (tertiary/aromatic N) is 2. The van der Waals surface area contributed by atoms with Gasteiger partial charge >= 0.3 is 12.1 Å². The molecule has 20 heavy (non-hydrogen) atoms. The van der Waals surface area contributed by atoms with Crippen LogP contribution in [-0.4, -0.2) is 53.2 Å². The molecule has 6 nitrogen and oxygen atoms in total. The highest BCUT2D eigenvalue weighted by Gasteiger charge is 2.34. The van der Waals surface area contributed by atoms with Crippen molar-refractivity contribution in [3.05, 3.63) is 23.9 Å².